The van der Waals surface area contributed by atoms with E-state index < -0.39 is 0 Å². The zero-order valence-electron chi connectivity index (χ0n) is 17.1. The summed E-state index contributed by atoms with van der Waals surface area (Å²) in [5.41, 5.74) is 2.94. The first-order valence-electron chi connectivity index (χ1n) is 10.8. The summed E-state index contributed by atoms with van der Waals surface area (Å²) >= 11 is 0. The molecule has 2 atom stereocenters. The number of rotatable bonds is 6. The fraction of sp³-hybridized carbons (Fsp3) is 0.609. The molecule has 2 bridgehead atoms. The van der Waals surface area contributed by atoms with Crippen LogP contribution in [0.1, 0.15) is 44.1 Å². The number of hydrogen-bond donors (Lipinski definition) is 2. The molecule has 0 spiro atoms. The molecule has 0 saturated carbocycles. The van der Waals surface area contributed by atoms with Gasteiger partial charge in [0.15, 0.2) is 5.96 Å². The van der Waals surface area contributed by atoms with Crippen molar-refractivity contribution in [2.24, 2.45) is 4.99 Å². The maximum atomic E-state index is 5.38. The minimum absolute atomic E-state index is 0.526. The lowest BCUT2D eigenvalue weighted by Gasteiger charge is -2.39. The fourth-order valence-corrected chi connectivity index (χ4v) is 4.97. The molecule has 28 heavy (non-hydrogen) atoms. The quantitative estimate of drug-likeness (QED) is 0.451. The zero-order chi connectivity index (χ0) is 19.2. The fourth-order valence-electron chi connectivity index (χ4n) is 4.97. The summed E-state index contributed by atoms with van der Waals surface area (Å²) in [5, 5.41) is 7.21. The van der Waals surface area contributed by atoms with Crippen LogP contribution in [0.4, 0.5) is 0 Å². The Morgan fingerprint density at radius 1 is 1.18 bits per heavy atom. The maximum absolute atomic E-state index is 5.38. The van der Waals surface area contributed by atoms with Gasteiger partial charge in [-0.05, 0) is 44.1 Å². The molecule has 3 heterocycles. The van der Waals surface area contributed by atoms with Gasteiger partial charge < -0.3 is 15.4 Å². The number of guanidine groups is 1. The Labute approximate surface area is 169 Å². The molecule has 0 aromatic heterocycles. The van der Waals surface area contributed by atoms with Gasteiger partial charge in [-0.3, -0.25) is 9.89 Å². The molecular formula is C23H34N4O. The average molecular weight is 383 g/mol. The monoisotopic (exact) mass is 382 g/mol. The van der Waals surface area contributed by atoms with Crippen LogP contribution >= 0.6 is 0 Å². The highest BCUT2D eigenvalue weighted by molar-refractivity contribution is 5.80. The predicted octanol–water partition coefficient (Wildman–Crippen LogP) is 3.08. The molecule has 2 N–H and O–H groups in total. The Balaban J connectivity index is 1.25. The molecule has 0 radical (unpaired) electrons. The van der Waals surface area contributed by atoms with Crippen LogP contribution in [0, 0.1) is 0 Å². The molecule has 2 fully saturated rings. The third-order valence-electron chi connectivity index (χ3n) is 6.45. The summed E-state index contributed by atoms with van der Waals surface area (Å²) in [6, 6.07) is 12.8. The number of ether oxygens (including phenoxy) is 1. The number of aliphatic imine (C=N–C) groups is 1. The van der Waals surface area contributed by atoms with Crippen molar-refractivity contribution in [2.75, 3.05) is 26.8 Å². The standard InChI is InChI=1S/C23H34N4O/c1-24-23(25-12-9-18-10-13-28-14-11-18)26-20-15-21-7-8-22(16-20)27(21)17-19-5-3-2-4-6-19/h2-6,10,20-22H,7-9,11-17H2,1H3,(H2,24,25,26). The van der Waals surface area contributed by atoms with Crippen molar-refractivity contribution in [3.05, 3.63) is 47.5 Å². The Morgan fingerprint density at radius 2 is 1.96 bits per heavy atom. The van der Waals surface area contributed by atoms with Crippen LogP contribution < -0.4 is 10.6 Å². The molecule has 152 valence electrons. The largest absolute Gasteiger partial charge is 0.377 e. The van der Waals surface area contributed by atoms with E-state index in [-0.39, 0.29) is 0 Å². The van der Waals surface area contributed by atoms with Crippen molar-refractivity contribution >= 4 is 5.96 Å². The van der Waals surface area contributed by atoms with E-state index in [0.29, 0.717) is 18.1 Å². The highest BCUT2D eigenvalue weighted by Crippen LogP contribution is 2.36. The van der Waals surface area contributed by atoms with Gasteiger partial charge in [-0.1, -0.05) is 42.0 Å². The highest BCUT2D eigenvalue weighted by atomic mass is 16.5. The summed E-state index contributed by atoms with van der Waals surface area (Å²) in [6.07, 6.45) is 9.46. The van der Waals surface area contributed by atoms with Gasteiger partial charge in [0.25, 0.3) is 0 Å². The number of benzene rings is 1. The topological polar surface area (TPSA) is 48.9 Å². The van der Waals surface area contributed by atoms with Gasteiger partial charge in [0.2, 0.25) is 0 Å². The van der Waals surface area contributed by atoms with Crippen LogP contribution in [-0.4, -0.2) is 55.8 Å². The van der Waals surface area contributed by atoms with E-state index in [4.69, 9.17) is 4.74 Å². The molecule has 0 aliphatic carbocycles. The second kappa shape index (κ2) is 9.57. The molecule has 0 amide bonds. The highest BCUT2D eigenvalue weighted by Gasteiger charge is 2.40. The van der Waals surface area contributed by atoms with Crippen LogP contribution in [-0.2, 0) is 11.3 Å². The predicted molar refractivity (Wildman–Crippen MR) is 114 cm³/mol. The van der Waals surface area contributed by atoms with E-state index in [2.05, 4.69) is 56.9 Å². The van der Waals surface area contributed by atoms with Gasteiger partial charge in [0.05, 0.1) is 13.2 Å². The van der Waals surface area contributed by atoms with Crippen LogP contribution in [0.2, 0.25) is 0 Å². The minimum atomic E-state index is 0.526. The third-order valence-corrected chi connectivity index (χ3v) is 6.45. The second-order valence-corrected chi connectivity index (χ2v) is 8.29. The van der Waals surface area contributed by atoms with Gasteiger partial charge in [-0.15, -0.1) is 0 Å². The first kappa shape index (κ1) is 19.5. The Morgan fingerprint density at radius 3 is 2.64 bits per heavy atom. The molecule has 5 heteroatoms. The normalized spacial score (nSPS) is 28.1. The van der Waals surface area contributed by atoms with Crippen molar-refractivity contribution in [1.82, 2.24) is 15.5 Å². The molecule has 2 saturated heterocycles. The van der Waals surface area contributed by atoms with Crippen molar-refractivity contribution in [3.8, 4) is 0 Å². The number of nitrogens with one attached hydrogen (secondary N) is 2. The Bertz CT molecular complexity index is 673. The Hall–Kier alpha value is -1.85. The Kier molecular flexibility index (Phi) is 6.65. The van der Waals surface area contributed by atoms with Crippen LogP contribution in [0.25, 0.3) is 0 Å². The van der Waals surface area contributed by atoms with Gasteiger partial charge in [0, 0.05) is 38.3 Å². The summed E-state index contributed by atoms with van der Waals surface area (Å²) in [6.45, 7) is 3.66. The van der Waals surface area contributed by atoms with E-state index in [1.165, 1.54) is 36.8 Å². The van der Waals surface area contributed by atoms with Crippen LogP contribution in [0.5, 0.6) is 0 Å². The summed E-state index contributed by atoms with van der Waals surface area (Å²) < 4.78 is 5.38. The average Bonchev–Trinajstić information content (AvgIpc) is 2.97. The molecule has 2 unspecified atom stereocenters. The molecule has 3 aliphatic rings. The van der Waals surface area contributed by atoms with E-state index in [1.807, 2.05) is 7.05 Å². The zero-order valence-corrected chi connectivity index (χ0v) is 17.1. The lowest BCUT2D eigenvalue weighted by molar-refractivity contribution is 0.114. The van der Waals surface area contributed by atoms with Crippen LogP contribution in [0.3, 0.4) is 0 Å². The van der Waals surface area contributed by atoms with Gasteiger partial charge in [-0.25, -0.2) is 0 Å². The molecule has 3 aliphatic heterocycles. The van der Waals surface area contributed by atoms with Crippen molar-refractivity contribution in [3.63, 3.8) is 0 Å². The SMILES string of the molecule is CN=C(NCCC1=CCOCC1)NC1CC2CCC(C1)N2Cc1ccccc1. The van der Waals surface area contributed by atoms with Crippen LogP contribution in [0.15, 0.2) is 47.0 Å². The van der Waals surface area contributed by atoms with E-state index >= 15 is 0 Å². The third kappa shape index (κ3) is 4.95. The second-order valence-electron chi connectivity index (χ2n) is 8.29. The first-order chi connectivity index (χ1) is 13.8. The number of hydrogen-bond acceptors (Lipinski definition) is 3. The van der Waals surface area contributed by atoms with E-state index in [0.717, 1.165) is 45.1 Å². The maximum Gasteiger partial charge on any atom is 0.191 e. The summed E-state index contributed by atoms with van der Waals surface area (Å²) in [5.74, 6) is 0.952. The number of fused-ring (bicyclic) bond motifs is 2. The number of piperidine rings is 1. The van der Waals surface area contributed by atoms with E-state index in [9.17, 15) is 0 Å². The summed E-state index contributed by atoms with van der Waals surface area (Å²) in [7, 11) is 1.88. The van der Waals surface area contributed by atoms with Crippen molar-refractivity contribution < 1.29 is 4.74 Å². The first-order valence-corrected chi connectivity index (χ1v) is 10.8. The molecule has 5 nitrogen and oxygen atoms in total. The van der Waals surface area contributed by atoms with Gasteiger partial charge >= 0.3 is 0 Å². The van der Waals surface area contributed by atoms with Crippen molar-refractivity contribution in [1.29, 1.82) is 0 Å². The summed E-state index contributed by atoms with van der Waals surface area (Å²) in [4.78, 5) is 7.20. The molecular weight excluding hydrogens is 348 g/mol. The molecule has 4 rings (SSSR count). The van der Waals surface area contributed by atoms with Crippen molar-refractivity contribution in [2.45, 2.75) is 63.2 Å². The number of nitrogens with zero attached hydrogens (tertiary/aromatic N) is 2. The smallest absolute Gasteiger partial charge is 0.191 e. The molecule has 1 aromatic rings. The minimum Gasteiger partial charge on any atom is -0.377 e. The molecule has 1 aromatic carbocycles. The van der Waals surface area contributed by atoms with E-state index in [1.54, 1.807) is 0 Å². The lowest BCUT2D eigenvalue weighted by atomic mass is 9.96. The van der Waals surface area contributed by atoms with Gasteiger partial charge in [0.1, 0.15) is 0 Å². The lowest BCUT2D eigenvalue weighted by Crippen LogP contribution is -2.52. The van der Waals surface area contributed by atoms with Gasteiger partial charge in [-0.2, -0.15) is 0 Å².